The lowest BCUT2D eigenvalue weighted by molar-refractivity contribution is -0.141. The summed E-state index contributed by atoms with van der Waals surface area (Å²) in [4.78, 5) is 25.3. The summed E-state index contributed by atoms with van der Waals surface area (Å²) < 4.78 is 0. The summed E-state index contributed by atoms with van der Waals surface area (Å²) in [5.74, 6) is -1.15. The Balaban J connectivity index is 1.98. The standard InChI is InChI=1S/C16H21NO3/c1-2-17(11-12-6-4-3-5-7-12)15(18)13-8-9-14(10-13)16(19)20/h3-7,13-14H,2,8-11H2,1H3,(H,19,20). The van der Waals surface area contributed by atoms with E-state index < -0.39 is 5.97 Å². The zero-order valence-corrected chi connectivity index (χ0v) is 11.8. The third kappa shape index (κ3) is 3.38. The molecule has 4 nitrogen and oxygen atoms in total. The SMILES string of the molecule is CCN(Cc1ccccc1)C(=O)C1CCC(C(=O)O)C1. The molecule has 0 bridgehead atoms. The Hall–Kier alpha value is -1.84. The number of amides is 1. The van der Waals surface area contributed by atoms with Gasteiger partial charge in [0.2, 0.25) is 5.91 Å². The fourth-order valence-corrected chi connectivity index (χ4v) is 2.84. The van der Waals surface area contributed by atoms with Crippen LogP contribution in [-0.4, -0.2) is 28.4 Å². The number of aliphatic carboxylic acids is 1. The van der Waals surface area contributed by atoms with Gasteiger partial charge in [-0.25, -0.2) is 0 Å². The van der Waals surface area contributed by atoms with Crippen LogP contribution in [0.4, 0.5) is 0 Å². The van der Waals surface area contributed by atoms with E-state index in [9.17, 15) is 9.59 Å². The molecule has 1 aliphatic rings. The number of hydrogen-bond acceptors (Lipinski definition) is 2. The Morgan fingerprint density at radius 3 is 2.40 bits per heavy atom. The topological polar surface area (TPSA) is 57.6 Å². The van der Waals surface area contributed by atoms with Crippen molar-refractivity contribution >= 4 is 11.9 Å². The second-order valence-corrected chi connectivity index (χ2v) is 5.38. The molecule has 1 amide bonds. The maximum Gasteiger partial charge on any atom is 0.306 e. The van der Waals surface area contributed by atoms with Crippen molar-refractivity contribution in [3.05, 3.63) is 35.9 Å². The molecule has 1 aromatic carbocycles. The minimum absolute atomic E-state index is 0.0973. The summed E-state index contributed by atoms with van der Waals surface area (Å²) in [6, 6.07) is 9.89. The van der Waals surface area contributed by atoms with Crippen LogP contribution >= 0.6 is 0 Å². The van der Waals surface area contributed by atoms with Crippen LogP contribution in [0.25, 0.3) is 0 Å². The lowest BCUT2D eigenvalue weighted by Crippen LogP contribution is -2.35. The fourth-order valence-electron chi connectivity index (χ4n) is 2.84. The van der Waals surface area contributed by atoms with Gasteiger partial charge < -0.3 is 10.0 Å². The van der Waals surface area contributed by atoms with Crippen LogP contribution in [0.15, 0.2) is 30.3 Å². The molecule has 1 saturated carbocycles. The number of rotatable bonds is 5. The predicted octanol–water partition coefficient (Wildman–Crippen LogP) is 2.54. The number of carboxylic acid groups (broad SMARTS) is 1. The second kappa shape index (κ2) is 6.55. The van der Waals surface area contributed by atoms with Gasteiger partial charge in [0.1, 0.15) is 0 Å². The van der Waals surface area contributed by atoms with Crippen LogP contribution in [-0.2, 0) is 16.1 Å². The van der Waals surface area contributed by atoms with Crippen molar-refractivity contribution in [1.82, 2.24) is 4.90 Å². The zero-order chi connectivity index (χ0) is 14.5. The van der Waals surface area contributed by atoms with Crippen LogP contribution in [0.1, 0.15) is 31.7 Å². The lowest BCUT2D eigenvalue weighted by atomic mass is 10.0. The third-order valence-corrected chi connectivity index (χ3v) is 4.04. The average molecular weight is 275 g/mol. The van der Waals surface area contributed by atoms with Crippen molar-refractivity contribution in [2.45, 2.75) is 32.7 Å². The van der Waals surface area contributed by atoms with E-state index in [4.69, 9.17) is 5.11 Å². The van der Waals surface area contributed by atoms with Crippen LogP contribution in [0.2, 0.25) is 0 Å². The first-order chi connectivity index (χ1) is 9.61. The van der Waals surface area contributed by atoms with Gasteiger partial charge >= 0.3 is 5.97 Å². The zero-order valence-electron chi connectivity index (χ0n) is 11.8. The molecule has 1 aromatic rings. The van der Waals surface area contributed by atoms with Gasteiger partial charge in [-0.2, -0.15) is 0 Å². The van der Waals surface area contributed by atoms with E-state index in [1.165, 1.54) is 0 Å². The molecule has 0 heterocycles. The largest absolute Gasteiger partial charge is 0.481 e. The van der Waals surface area contributed by atoms with Gasteiger partial charge in [-0.1, -0.05) is 30.3 Å². The van der Waals surface area contributed by atoms with Crippen LogP contribution in [0, 0.1) is 11.8 Å². The van der Waals surface area contributed by atoms with Crippen molar-refractivity contribution in [2.24, 2.45) is 11.8 Å². The van der Waals surface area contributed by atoms with E-state index in [0.29, 0.717) is 32.4 Å². The molecule has 1 fully saturated rings. The van der Waals surface area contributed by atoms with Crippen molar-refractivity contribution in [3.8, 4) is 0 Å². The molecule has 4 heteroatoms. The average Bonchev–Trinajstić information content (AvgIpc) is 2.95. The molecule has 0 spiro atoms. The van der Waals surface area contributed by atoms with Crippen molar-refractivity contribution in [2.75, 3.05) is 6.54 Å². The fraction of sp³-hybridized carbons (Fsp3) is 0.500. The molecule has 0 saturated heterocycles. The van der Waals surface area contributed by atoms with Crippen LogP contribution in [0.5, 0.6) is 0 Å². The summed E-state index contributed by atoms with van der Waals surface area (Å²) in [6.45, 7) is 3.22. The van der Waals surface area contributed by atoms with Gasteiger partial charge in [0.15, 0.2) is 0 Å². The van der Waals surface area contributed by atoms with E-state index in [-0.39, 0.29) is 17.7 Å². The number of nitrogens with zero attached hydrogens (tertiary/aromatic N) is 1. The first-order valence-electron chi connectivity index (χ1n) is 7.17. The summed E-state index contributed by atoms with van der Waals surface area (Å²) in [7, 11) is 0. The molecule has 0 radical (unpaired) electrons. The quantitative estimate of drug-likeness (QED) is 0.898. The smallest absolute Gasteiger partial charge is 0.306 e. The summed E-state index contributed by atoms with van der Waals surface area (Å²) in [5, 5.41) is 9.02. The minimum atomic E-state index is -0.772. The monoisotopic (exact) mass is 275 g/mol. The van der Waals surface area contributed by atoms with Crippen molar-refractivity contribution in [3.63, 3.8) is 0 Å². The number of benzene rings is 1. The van der Waals surface area contributed by atoms with E-state index in [0.717, 1.165) is 5.56 Å². The molecule has 20 heavy (non-hydrogen) atoms. The first kappa shape index (κ1) is 14.6. The van der Waals surface area contributed by atoms with E-state index in [2.05, 4.69) is 0 Å². The molecule has 2 unspecified atom stereocenters. The Morgan fingerprint density at radius 1 is 1.20 bits per heavy atom. The molecule has 1 N–H and O–H groups in total. The maximum absolute atomic E-state index is 12.5. The van der Waals surface area contributed by atoms with Crippen molar-refractivity contribution < 1.29 is 14.7 Å². The van der Waals surface area contributed by atoms with Gasteiger partial charge in [0.25, 0.3) is 0 Å². The first-order valence-corrected chi connectivity index (χ1v) is 7.17. The highest BCUT2D eigenvalue weighted by atomic mass is 16.4. The minimum Gasteiger partial charge on any atom is -0.481 e. The molecular formula is C16H21NO3. The summed E-state index contributed by atoms with van der Waals surface area (Å²) in [5.41, 5.74) is 1.11. The third-order valence-electron chi connectivity index (χ3n) is 4.04. The molecule has 2 rings (SSSR count). The van der Waals surface area contributed by atoms with Gasteiger partial charge in [-0.05, 0) is 31.7 Å². The van der Waals surface area contributed by atoms with Gasteiger partial charge in [-0.3, -0.25) is 9.59 Å². The predicted molar refractivity (Wildman–Crippen MR) is 76.0 cm³/mol. The number of hydrogen-bond donors (Lipinski definition) is 1. The van der Waals surface area contributed by atoms with Gasteiger partial charge in [0, 0.05) is 19.0 Å². The number of carbonyl (C=O) groups excluding carboxylic acids is 1. The molecule has 1 aliphatic carbocycles. The van der Waals surface area contributed by atoms with E-state index in [1.807, 2.05) is 42.2 Å². The lowest BCUT2D eigenvalue weighted by Gasteiger charge is -2.24. The highest BCUT2D eigenvalue weighted by Crippen LogP contribution is 2.32. The van der Waals surface area contributed by atoms with E-state index >= 15 is 0 Å². The summed E-state index contributed by atoms with van der Waals surface area (Å²) in [6.07, 6.45) is 1.80. The molecular weight excluding hydrogens is 254 g/mol. The molecule has 0 aromatic heterocycles. The number of carboxylic acids is 1. The highest BCUT2D eigenvalue weighted by Gasteiger charge is 2.35. The molecule has 108 valence electrons. The van der Waals surface area contributed by atoms with Crippen LogP contribution in [0.3, 0.4) is 0 Å². The Morgan fingerprint density at radius 2 is 1.85 bits per heavy atom. The number of carbonyl (C=O) groups is 2. The Labute approximate surface area is 119 Å². The van der Waals surface area contributed by atoms with Crippen LogP contribution < -0.4 is 0 Å². The summed E-state index contributed by atoms with van der Waals surface area (Å²) >= 11 is 0. The van der Waals surface area contributed by atoms with E-state index in [1.54, 1.807) is 0 Å². The molecule has 0 aliphatic heterocycles. The Bertz CT molecular complexity index is 472. The highest BCUT2D eigenvalue weighted by molar-refractivity contribution is 5.81. The van der Waals surface area contributed by atoms with Gasteiger partial charge in [0.05, 0.1) is 5.92 Å². The molecule has 2 atom stereocenters. The van der Waals surface area contributed by atoms with Gasteiger partial charge in [-0.15, -0.1) is 0 Å². The maximum atomic E-state index is 12.5. The normalized spacial score (nSPS) is 21.6. The second-order valence-electron chi connectivity index (χ2n) is 5.38. The Kier molecular flexibility index (Phi) is 4.77. The van der Waals surface area contributed by atoms with Crippen molar-refractivity contribution in [1.29, 1.82) is 0 Å².